The van der Waals surface area contributed by atoms with Gasteiger partial charge in [-0.25, -0.2) is 16.8 Å². The molecule has 0 saturated heterocycles. The number of alkyl halides is 6. The van der Waals surface area contributed by atoms with Gasteiger partial charge in [0.25, 0.3) is 0 Å². The fourth-order valence-corrected chi connectivity index (χ4v) is 3.81. The first-order valence-corrected chi connectivity index (χ1v) is 18.3. The molecule has 30 heteroatoms. The molecule has 4 aromatic rings. The van der Waals surface area contributed by atoms with Crippen LogP contribution in [-0.2, 0) is 101 Å². The smallest absolute Gasteiger partial charge is 0.741 e. The summed E-state index contributed by atoms with van der Waals surface area (Å²) in [5, 5.41) is 21.3. The zero-order chi connectivity index (χ0) is 42.4. The molecule has 0 aliphatic heterocycles. The molecule has 0 atom stereocenters. The number of hydrogen-bond acceptors (Lipinski definition) is 16. The summed E-state index contributed by atoms with van der Waals surface area (Å²) >= 11 is 0. The maximum Gasteiger partial charge on any atom is 2.00 e. The molecule has 0 fully saturated rings. The van der Waals surface area contributed by atoms with E-state index in [4.69, 9.17) is 25.9 Å². The van der Waals surface area contributed by atoms with Crippen LogP contribution in [0, 0.1) is 0 Å². The second kappa shape index (κ2) is 34.3. The standard InChI is InChI=1S/2C15H17N3O2.2CHF3O3S.2Mn.4H2O/c2*19-15(20)7-10-18(11-13-5-1-3-8-16-13)12-14-6-2-4-9-17-14;2*2-1(3,4)8(5,6)7;;;;;;/h2*1-6,8-9H,7,10-12H2,(H,19,20);2*(H,5,6,7);;;4*1H2/q;;;;2*+2;;;;/p-2. The Balaban J connectivity index is -0.000000176. The van der Waals surface area contributed by atoms with Gasteiger partial charge in [0.15, 0.2) is 20.2 Å². The van der Waals surface area contributed by atoms with Crippen molar-refractivity contribution >= 4 is 32.2 Å². The number of aromatic nitrogens is 4. The van der Waals surface area contributed by atoms with Crippen molar-refractivity contribution in [3.05, 3.63) is 120 Å². The van der Waals surface area contributed by atoms with E-state index in [1.54, 1.807) is 24.8 Å². The minimum absolute atomic E-state index is 0. The van der Waals surface area contributed by atoms with Gasteiger partial charge in [-0.3, -0.25) is 29.7 Å². The van der Waals surface area contributed by atoms with Crippen molar-refractivity contribution in [2.24, 2.45) is 0 Å². The van der Waals surface area contributed by atoms with Gasteiger partial charge in [-0.15, -0.1) is 0 Å². The normalized spacial score (nSPS) is 10.5. The van der Waals surface area contributed by atoms with Gasteiger partial charge in [-0.1, -0.05) is 24.3 Å². The van der Waals surface area contributed by atoms with Crippen LogP contribution in [0.5, 0.6) is 0 Å². The van der Waals surface area contributed by atoms with Crippen molar-refractivity contribution in [1.82, 2.24) is 29.7 Å². The topological polar surface area (TPSA) is 382 Å². The molecule has 4 aromatic heterocycles. The van der Waals surface area contributed by atoms with E-state index in [0.29, 0.717) is 39.3 Å². The molecule has 4 heterocycles. The van der Waals surface area contributed by atoms with Crippen LogP contribution in [0.15, 0.2) is 97.6 Å². The van der Waals surface area contributed by atoms with Gasteiger partial charge in [0.1, 0.15) is 0 Å². The summed E-state index contributed by atoms with van der Waals surface area (Å²) in [5.41, 5.74) is -7.67. The maximum atomic E-state index is 10.7. The molecule has 0 unspecified atom stereocenters. The number of nitrogens with zero attached hydrogens (tertiary/aromatic N) is 6. The first-order valence-electron chi connectivity index (χ1n) is 15.5. The Morgan fingerprint density at radius 3 is 0.823 bits per heavy atom. The Morgan fingerprint density at radius 1 is 0.500 bits per heavy atom. The molecule has 350 valence electrons. The largest absolute Gasteiger partial charge is 2.00 e. The number of hydrogen-bond donors (Lipinski definition) is 0. The number of aliphatic carboxylic acids is 2. The molecule has 0 bridgehead atoms. The van der Waals surface area contributed by atoms with Crippen LogP contribution in [-0.4, -0.2) is 103 Å². The van der Waals surface area contributed by atoms with Crippen molar-refractivity contribution < 1.29 is 128 Å². The van der Waals surface area contributed by atoms with Crippen LogP contribution in [0.1, 0.15) is 35.6 Å². The van der Waals surface area contributed by atoms with E-state index in [9.17, 15) is 46.1 Å². The molecule has 0 amide bonds. The summed E-state index contributed by atoms with van der Waals surface area (Å²) in [7, 11) is -12.2. The minimum Gasteiger partial charge on any atom is -0.741 e. The van der Waals surface area contributed by atoms with E-state index in [0.717, 1.165) is 22.8 Å². The number of halogens is 6. The van der Waals surface area contributed by atoms with E-state index < -0.39 is 43.2 Å². The molecule has 20 nitrogen and oxygen atoms in total. The van der Waals surface area contributed by atoms with Gasteiger partial charge in [-0.2, -0.15) is 26.3 Å². The van der Waals surface area contributed by atoms with Gasteiger partial charge in [0.2, 0.25) is 0 Å². The number of carboxylic acid groups (broad SMARTS) is 2. The molecular formula is C32H42F6Mn2N6O14S2+2. The quantitative estimate of drug-likeness (QED) is 0.0427. The Bertz CT molecular complexity index is 1750. The van der Waals surface area contributed by atoms with E-state index >= 15 is 0 Å². The van der Waals surface area contributed by atoms with Crippen LogP contribution >= 0.6 is 0 Å². The first-order chi connectivity index (χ1) is 26.0. The molecular weight excluding hydrogens is 980 g/mol. The third-order valence-electron chi connectivity index (χ3n) is 6.28. The van der Waals surface area contributed by atoms with Gasteiger partial charge in [0.05, 0.1) is 22.8 Å². The van der Waals surface area contributed by atoms with Crippen molar-refractivity contribution in [3.8, 4) is 0 Å². The van der Waals surface area contributed by atoms with Gasteiger partial charge in [0, 0.05) is 76.0 Å². The number of rotatable bonds is 14. The summed E-state index contributed by atoms with van der Waals surface area (Å²) in [6.07, 6.45) is 6.92. The Kier molecular flexibility index (Phi) is 38.4. The molecule has 0 aliphatic carbocycles. The van der Waals surface area contributed by atoms with Gasteiger partial charge >= 0.3 is 45.2 Å². The van der Waals surface area contributed by atoms with Crippen LogP contribution in [0.25, 0.3) is 0 Å². The van der Waals surface area contributed by atoms with Crippen molar-refractivity contribution in [2.45, 2.75) is 50.0 Å². The summed E-state index contributed by atoms with van der Waals surface area (Å²) in [6.45, 7) is 3.18. The molecule has 10 N–H and O–H groups in total. The monoisotopic (exact) mass is 1020 g/mol. The summed E-state index contributed by atoms with van der Waals surface area (Å²) in [4.78, 5) is 42.3. The molecule has 4 rings (SSSR count). The molecule has 62 heavy (non-hydrogen) atoms. The van der Waals surface area contributed by atoms with Crippen LogP contribution in [0.4, 0.5) is 26.3 Å². The van der Waals surface area contributed by atoms with Gasteiger partial charge in [-0.05, 0) is 61.4 Å². The third-order valence-corrected chi connectivity index (χ3v) is 7.41. The average Bonchev–Trinajstić information content (AvgIpc) is 3.10. The number of carbonyl (C=O) groups is 2. The number of pyridine rings is 4. The fourth-order valence-electron chi connectivity index (χ4n) is 3.81. The SMILES string of the molecule is O.O.O=C([O-])CCN(Cc1ccccn1)Cc1ccccn1.O=C([O-])CCN(Cc1ccccn1)Cc1ccccn1.O=S(=O)([O-])C(F)(F)F.O=S(=O)([O-])C(F)(F)F.[Mn+2].[Mn+2].[OH3+].[OH3+]. The Hall–Kier alpha value is -4.26. The van der Waals surface area contributed by atoms with Crippen LogP contribution in [0.3, 0.4) is 0 Å². The maximum absolute atomic E-state index is 10.7. The van der Waals surface area contributed by atoms with Crippen LogP contribution in [0.2, 0.25) is 0 Å². The number of carboxylic acids is 2. The first kappa shape index (κ1) is 69.4. The van der Waals surface area contributed by atoms with Gasteiger partial charge < -0.3 is 50.8 Å². The fraction of sp³-hybridized carbons (Fsp3) is 0.312. The third kappa shape index (κ3) is 32.5. The summed E-state index contributed by atoms with van der Waals surface area (Å²) in [5.74, 6) is -2.09. The zero-order valence-corrected chi connectivity index (χ0v) is 35.6. The zero-order valence-electron chi connectivity index (χ0n) is 31.7. The van der Waals surface area contributed by atoms with E-state index in [1.807, 2.05) is 82.6 Å². The van der Waals surface area contributed by atoms with E-state index in [2.05, 4.69) is 19.9 Å². The number of carbonyl (C=O) groups excluding carboxylic acids is 2. The molecule has 0 saturated carbocycles. The second-order valence-electron chi connectivity index (χ2n) is 10.7. The predicted octanol–water partition coefficient (Wildman–Crippen LogP) is -2.16. The van der Waals surface area contributed by atoms with E-state index in [-0.39, 0.29) is 68.9 Å². The Morgan fingerprint density at radius 2 is 0.694 bits per heavy atom. The van der Waals surface area contributed by atoms with Crippen LogP contribution < -0.4 is 10.2 Å². The molecule has 2 radical (unpaired) electrons. The minimum atomic E-state index is -6.09. The molecule has 0 aromatic carbocycles. The molecule has 0 aliphatic rings. The predicted molar refractivity (Wildman–Crippen MR) is 193 cm³/mol. The van der Waals surface area contributed by atoms with E-state index in [1.165, 1.54) is 0 Å². The summed E-state index contributed by atoms with van der Waals surface area (Å²) in [6, 6.07) is 22.8. The molecule has 0 spiro atoms. The van der Waals surface area contributed by atoms with Crippen molar-refractivity contribution in [1.29, 1.82) is 0 Å². The van der Waals surface area contributed by atoms with Crippen molar-refractivity contribution in [3.63, 3.8) is 0 Å². The van der Waals surface area contributed by atoms with Crippen molar-refractivity contribution in [2.75, 3.05) is 13.1 Å². The second-order valence-corrected chi connectivity index (χ2v) is 13.5. The average molecular weight is 1020 g/mol. The summed E-state index contributed by atoms with van der Waals surface area (Å²) < 4.78 is 118. The Labute approximate surface area is 372 Å².